The number of carboxylic acid groups (broad SMARTS) is 5. The van der Waals surface area contributed by atoms with Gasteiger partial charge in [-0.05, 0) is 65.6 Å². The average Bonchev–Trinajstić information content (AvgIpc) is 0.747. The maximum atomic E-state index is 14.3. The summed E-state index contributed by atoms with van der Waals surface area (Å²) in [6.45, 7) is 5.04. The molecule has 8 atom stereocenters. The molecular weight excluding hydrogens is 1440 g/mol. The second-order valence-electron chi connectivity index (χ2n) is 25.1. The molecule has 6 rings (SSSR count). The number of aromatic carboxylic acids is 1. The number of esters is 2. The molecule has 0 aliphatic carbocycles. The molecule has 0 bridgehead atoms. The maximum absolute atomic E-state index is 14.3. The Morgan fingerprint density at radius 2 is 0.771 bits per heavy atom. The van der Waals surface area contributed by atoms with Crippen LogP contribution in [-0.4, -0.2) is 170 Å². The molecule has 5 aromatic carbocycles. The van der Waals surface area contributed by atoms with Crippen LogP contribution in [0.1, 0.15) is 101 Å². The van der Waals surface area contributed by atoms with Crippen molar-refractivity contribution in [3.05, 3.63) is 138 Å². The van der Waals surface area contributed by atoms with Gasteiger partial charge < -0.3 is 103 Å². The van der Waals surface area contributed by atoms with Crippen LogP contribution >= 0.6 is 0 Å². The Morgan fingerprint density at radius 3 is 1.12 bits per heavy atom. The van der Waals surface area contributed by atoms with Crippen molar-refractivity contribution < 1.29 is 130 Å². The van der Waals surface area contributed by atoms with E-state index in [9.17, 15) is 107 Å². The molecule has 1 aromatic heterocycles. The molecule has 37 nitrogen and oxygen atoms in total. The van der Waals surface area contributed by atoms with Crippen LogP contribution in [-0.2, 0) is 89.8 Å². The van der Waals surface area contributed by atoms with E-state index in [1.165, 1.54) is 76.2 Å². The second-order valence-corrected chi connectivity index (χ2v) is 25.1. The SMILES string of the molecule is CC(C)[C@H](NC(=O)[C@H](CCC(=O)O)NC(=O)[C@H](CC(=O)Oc1ccc2c(-c3ccccc3C(=O)[O-])c3ccc(OC(=O)C[C@H](NC(=O)OCc4ccccc4)C(=O)N[C@@H](CCC(=O)O)C(=O)N[C@H](C(=O)N[C@@H](CC(=O)O)C(N)=O)C(C)C)cc3[o+]c2c1)NC(=O)OCc1ccccc1)C(=O)N[C@@H](CC(=O)O)C(N)=O. The fourth-order valence-electron chi connectivity index (χ4n) is 10.6. The molecule has 16 N–H and O–H groups in total. The Balaban J connectivity index is 1.33. The molecule has 0 aliphatic rings. The number of nitrogens with two attached hydrogens (primary N) is 2. The molecule has 109 heavy (non-hydrogen) atoms. The highest BCUT2D eigenvalue weighted by Gasteiger charge is 2.38. The number of aliphatic carboxylic acids is 4. The number of nitrogens with one attached hydrogen (secondary N) is 8. The number of amides is 10. The van der Waals surface area contributed by atoms with E-state index in [1.54, 1.807) is 60.7 Å². The first kappa shape index (κ1) is 84.3. The van der Waals surface area contributed by atoms with Crippen molar-refractivity contribution in [2.45, 2.75) is 141 Å². The number of ether oxygens (including phenoxy) is 4. The van der Waals surface area contributed by atoms with Gasteiger partial charge >= 0.3 is 59.2 Å². The summed E-state index contributed by atoms with van der Waals surface area (Å²) in [4.78, 5) is 222. The average molecular weight is 1520 g/mol. The number of carboxylic acids is 5. The van der Waals surface area contributed by atoms with Crippen molar-refractivity contribution in [1.82, 2.24) is 42.5 Å². The van der Waals surface area contributed by atoms with Crippen LogP contribution in [0.3, 0.4) is 0 Å². The zero-order valence-corrected chi connectivity index (χ0v) is 58.7. The third-order valence-electron chi connectivity index (χ3n) is 16.1. The van der Waals surface area contributed by atoms with Gasteiger partial charge in [-0.1, -0.05) is 113 Å². The van der Waals surface area contributed by atoms with E-state index in [2.05, 4.69) is 42.5 Å². The van der Waals surface area contributed by atoms with E-state index in [0.717, 1.165) is 12.1 Å². The summed E-state index contributed by atoms with van der Waals surface area (Å²) in [5.41, 5.74) is 11.0. The van der Waals surface area contributed by atoms with Crippen molar-refractivity contribution in [3.63, 3.8) is 0 Å². The summed E-state index contributed by atoms with van der Waals surface area (Å²) in [5.74, 6) is -22.1. The number of hydrogen-bond acceptors (Lipinski definition) is 22. The Labute approximate surface area is 618 Å². The van der Waals surface area contributed by atoms with Gasteiger partial charge in [0.25, 0.3) is 0 Å². The lowest BCUT2D eigenvalue weighted by Gasteiger charge is -2.27. The minimum absolute atomic E-state index is 0.0394. The summed E-state index contributed by atoms with van der Waals surface area (Å²) >= 11 is 0. The van der Waals surface area contributed by atoms with Crippen LogP contribution in [0.5, 0.6) is 11.5 Å². The number of fused-ring (bicyclic) bond motifs is 2. The van der Waals surface area contributed by atoms with E-state index in [4.69, 9.17) is 34.8 Å². The first-order chi connectivity index (χ1) is 51.6. The van der Waals surface area contributed by atoms with E-state index < -0.39 is 213 Å². The van der Waals surface area contributed by atoms with Crippen LogP contribution in [0.25, 0.3) is 33.1 Å². The largest absolute Gasteiger partial charge is 0.545 e. The highest BCUT2D eigenvalue weighted by molar-refractivity contribution is 6.12. The Bertz CT molecular complexity index is 4200. The standard InChI is InChI=1S/C72H78N10O27/c1-35(2)60(68(99)77-47(62(73)93)29-55(87)88)81-64(95)45(23-25-53(83)84)75-66(97)49(79-71(103)105-33-37-13-7-5-8-14-37)31-57(91)107-39-19-21-43-51(27-39)109-52-28-40(20-22-44(52)59(43)41-17-11-12-18-42(41)70(101)102)108-58(92)32-50(80-72(104)106-34-38-15-9-6-10-16-38)67(98)76-46(24-26-54(85)86)65(96)82-61(36(3)4)69(100)78-48(63(74)94)30-56(89)90/h5-22,27-28,35-36,45-50,60-61H,23-26,29-34H2,1-4H3,(H16-,73,74,75,76,77,78,79,80,81,82,83,84,85,86,87,88,89,90,93,94,95,96,97,98,99,100,101,102,103,104)/t45-,46-,47-,48-,49-,50-,60-,61-/m0/s1. The lowest BCUT2D eigenvalue weighted by atomic mass is 9.93. The number of rotatable bonds is 40. The summed E-state index contributed by atoms with van der Waals surface area (Å²) in [7, 11) is 0. The topological polar surface area (TPSA) is 591 Å². The number of alkyl carbamates (subject to hydrolysis) is 2. The predicted molar refractivity (Wildman–Crippen MR) is 373 cm³/mol. The number of primary amides is 2. The quantitative estimate of drug-likeness (QED) is 0.0110. The third-order valence-corrected chi connectivity index (χ3v) is 16.1. The van der Waals surface area contributed by atoms with E-state index in [0.29, 0.717) is 11.1 Å². The summed E-state index contributed by atoms with van der Waals surface area (Å²) in [5, 5.41) is 68.8. The van der Waals surface area contributed by atoms with Crippen LogP contribution in [0.15, 0.2) is 126 Å². The molecule has 0 aliphatic heterocycles. The van der Waals surface area contributed by atoms with Crippen molar-refractivity contribution in [2.24, 2.45) is 23.3 Å². The molecular formula is C72H78N10O27. The fraction of sp³-hybridized carbons (Fsp3) is 0.333. The maximum Gasteiger partial charge on any atom is 0.408 e. The summed E-state index contributed by atoms with van der Waals surface area (Å²) in [6.07, 6.45) is -9.52. The zero-order valence-electron chi connectivity index (χ0n) is 58.7. The molecule has 6 aromatic rings. The highest BCUT2D eigenvalue weighted by Crippen LogP contribution is 2.40. The molecule has 0 radical (unpaired) electrons. The van der Waals surface area contributed by atoms with Crippen molar-refractivity contribution in [1.29, 1.82) is 0 Å². The molecule has 0 unspecified atom stereocenters. The fourth-order valence-corrected chi connectivity index (χ4v) is 10.6. The number of carbonyl (C=O) groups excluding carboxylic acids is 13. The van der Waals surface area contributed by atoms with Crippen LogP contribution in [0.2, 0.25) is 0 Å². The third kappa shape index (κ3) is 26.2. The van der Waals surface area contributed by atoms with Crippen molar-refractivity contribution >= 4 is 123 Å². The Morgan fingerprint density at radius 1 is 0.413 bits per heavy atom. The summed E-state index contributed by atoms with van der Waals surface area (Å²) < 4.78 is 28.3. The predicted octanol–water partition coefficient (Wildman–Crippen LogP) is 0.949. The first-order valence-corrected chi connectivity index (χ1v) is 33.4. The molecule has 1 heterocycles. The monoisotopic (exact) mass is 1510 g/mol. The molecule has 10 amide bonds. The lowest BCUT2D eigenvalue weighted by Crippen LogP contribution is -2.59. The smallest absolute Gasteiger partial charge is 0.408 e. The van der Waals surface area contributed by atoms with E-state index in [1.807, 2.05) is 0 Å². The van der Waals surface area contributed by atoms with Crippen molar-refractivity contribution in [3.8, 4) is 22.6 Å². The van der Waals surface area contributed by atoms with Gasteiger partial charge in [-0.15, -0.1) is 0 Å². The molecule has 37 heteroatoms. The Hall–Kier alpha value is -13.6. The number of hydrogen-bond donors (Lipinski definition) is 14. The zero-order chi connectivity index (χ0) is 80.3. The van der Waals surface area contributed by atoms with E-state index >= 15 is 0 Å². The molecule has 578 valence electrons. The first-order valence-electron chi connectivity index (χ1n) is 33.4. The van der Waals surface area contributed by atoms with Gasteiger partial charge in [-0.3, -0.25) is 67.1 Å². The van der Waals surface area contributed by atoms with Gasteiger partial charge in [-0.25, -0.2) is 14.0 Å². The molecule has 0 saturated heterocycles. The van der Waals surface area contributed by atoms with Gasteiger partial charge in [0.15, 0.2) is 0 Å². The minimum atomic E-state index is -2.01. The molecule has 0 fully saturated rings. The molecule has 0 spiro atoms. The number of benzene rings is 5. The van der Waals surface area contributed by atoms with Crippen molar-refractivity contribution in [2.75, 3.05) is 0 Å². The van der Waals surface area contributed by atoms with Crippen LogP contribution in [0.4, 0.5) is 9.59 Å². The second kappa shape index (κ2) is 40.0. The lowest BCUT2D eigenvalue weighted by molar-refractivity contribution is -0.255. The Kier molecular flexibility index (Phi) is 30.9. The molecule has 0 saturated carbocycles. The highest BCUT2D eigenvalue weighted by atomic mass is 16.6. The normalized spacial score (nSPS) is 13.2. The van der Waals surface area contributed by atoms with Gasteiger partial charge in [0.05, 0.1) is 54.6 Å². The number of carbonyl (C=O) groups is 17. The minimum Gasteiger partial charge on any atom is -0.545 e. The van der Waals surface area contributed by atoms with Gasteiger partial charge in [0.1, 0.15) is 73.0 Å². The van der Waals surface area contributed by atoms with Crippen LogP contribution < -0.4 is 68.6 Å². The van der Waals surface area contributed by atoms with E-state index in [-0.39, 0.29) is 63.3 Å². The van der Waals surface area contributed by atoms with Crippen LogP contribution in [0, 0.1) is 11.8 Å². The summed E-state index contributed by atoms with van der Waals surface area (Å²) in [6, 6.07) is 15.0. The van der Waals surface area contributed by atoms with Gasteiger partial charge in [0.2, 0.25) is 47.3 Å². The van der Waals surface area contributed by atoms with Gasteiger partial charge in [-0.2, -0.15) is 0 Å². The van der Waals surface area contributed by atoms with Gasteiger partial charge in [0, 0.05) is 24.0 Å².